The Bertz CT molecular complexity index is 607. The van der Waals surface area contributed by atoms with Crippen LogP contribution in [0.4, 0.5) is 0 Å². The van der Waals surface area contributed by atoms with Gasteiger partial charge in [0.1, 0.15) is 6.04 Å². The maximum atomic E-state index is 11.4. The average molecular weight is 269 g/mol. The number of ether oxygens (including phenoxy) is 1. The van der Waals surface area contributed by atoms with Gasteiger partial charge in [-0.2, -0.15) is 0 Å². The van der Waals surface area contributed by atoms with Crippen molar-refractivity contribution in [1.82, 2.24) is 0 Å². The summed E-state index contributed by atoms with van der Waals surface area (Å²) in [6.07, 6.45) is 0.479. The molecular formula is C17H19NO2. The van der Waals surface area contributed by atoms with Gasteiger partial charge in [0.15, 0.2) is 0 Å². The molecule has 2 rings (SSSR count). The summed E-state index contributed by atoms with van der Waals surface area (Å²) in [5.74, 6) is -0.383. The van der Waals surface area contributed by atoms with Gasteiger partial charge < -0.3 is 10.5 Å². The number of nitrogens with two attached hydrogens (primary N) is 1. The molecule has 0 radical (unpaired) electrons. The van der Waals surface area contributed by atoms with Gasteiger partial charge in [0.2, 0.25) is 0 Å². The molecule has 0 bridgehead atoms. The number of rotatable bonds is 4. The Kier molecular flexibility index (Phi) is 4.53. The molecule has 0 saturated carbocycles. The molecule has 0 aliphatic rings. The van der Waals surface area contributed by atoms with Gasteiger partial charge in [-0.3, -0.25) is 4.79 Å². The van der Waals surface area contributed by atoms with E-state index < -0.39 is 6.04 Å². The molecule has 2 aromatic rings. The number of hydrogen-bond donors (Lipinski definition) is 1. The van der Waals surface area contributed by atoms with Gasteiger partial charge in [-0.15, -0.1) is 0 Å². The summed E-state index contributed by atoms with van der Waals surface area (Å²) in [5.41, 5.74) is 10.4. The first kappa shape index (κ1) is 14.3. The Labute approximate surface area is 119 Å². The fourth-order valence-corrected chi connectivity index (χ4v) is 2.25. The van der Waals surface area contributed by atoms with Crippen LogP contribution in [0.1, 0.15) is 11.1 Å². The number of benzene rings is 2. The molecule has 0 heterocycles. The van der Waals surface area contributed by atoms with Gasteiger partial charge >= 0.3 is 5.97 Å². The minimum Gasteiger partial charge on any atom is -0.468 e. The van der Waals surface area contributed by atoms with Crippen LogP contribution in [0.5, 0.6) is 0 Å². The first-order valence-corrected chi connectivity index (χ1v) is 6.60. The van der Waals surface area contributed by atoms with Crippen LogP contribution >= 0.6 is 0 Å². The molecule has 0 aliphatic carbocycles. The van der Waals surface area contributed by atoms with Crippen LogP contribution in [0.15, 0.2) is 48.5 Å². The standard InChI is InChI=1S/C17H19NO2/c1-12-6-3-4-9-15(12)14-8-5-7-13(10-14)11-16(18)17(19)20-2/h3-10,16H,11,18H2,1-2H3. The van der Waals surface area contributed by atoms with E-state index in [0.717, 1.165) is 11.1 Å². The average Bonchev–Trinajstić information content (AvgIpc) is 2.47. The molecule has 3 heteroatoms. The number of methoxy groups -OCH3 is 1. The molecule has 3 nitrogen and oxygen atoms in total. The molecule has 0 spiro atoms. The molecule has 104 valence electrons. The second-order valence-electron chi connectivity index (χ2n) is 4.85. The van der Waals surface area contributed by atoms with Crippen molar-refractivity contribution in [3.8, 4) is 11.1 Å². The third kappa shape index (κ3) is 3.25. The van der Waals surface area contributed by atoms with Gasteiger partial charge in [-0.05, 0) is 35.6 Å². The lowest BCUT2D eigenvalue weighted by Crippen LogP contribution is -2.33. The summed E-state index contributed by atoms with van der Waals surface area (Å²) in [6, 6.07) is 15.7. The molecule has 0 aromatic heterocycles. The number of hydrogen-bond acceptors (Lipinski definition) is 3. The number of carbonyl (C=O) groups is 1. The van der Waals surface area contributed by atoms with Gasteiger partial charge in [0, 0.05) is 0 Å². The van der Waals surface area contributed by atoms with Crippen molar-refractivity contribution in [2.75, 3.05) is 7.11 Å². The van der Waals surface area contributed by atoms with E-state index in [0.29, 0.717) is 6.42 Å². The van der Waals surface area contributed by atoms with Crippen molar-refractivity contribution in [2.45, 2.75) is 19.4 Å². The maximum Gasteiger partial charge on any atom is 0.322 e. The molecule has 2 aromatic carbocycles. The molecule has 0 amide bonds. The van der Waals surface area contributed by atoms with E-state index in [1.165, 1.54) is 18.2 Å². The zero-order valence-corrected chi connectivity index (χ0v) is 11.8. The van der Waals surface area contributed by atoms with Gasteiger partial charge in [-0.1, -0.05) is 48.5 Å². The first-order valence-electron chi connectivity index (χ1n) is 6.60. The van der Waals surface area contributed by atoms with Crippen LogP contribution in [-0.2, 0) is 16.0 Å². The van der Waals surface area contributed by atoms with Crippen LogP contribution < -0.4 is 5.73 Å². The summed E-state index contributed by atoms with van der Waals surface area (Å²) in [6.45, 7) is 2.09. The van der Waals surface area contributed by atoms with Crippen LogP contribution in [0.2, 0.25) is 0 Å². The largest absolute Gasteiger partial charge is 0.468 e. The van der Waals surface area contributed by atoms with Crippen molar-refractivity contribution in [2.24, 2.45) is 5.73 Å². The Morgan fingerprint density at radius 1 is 1.20 bits per heavy atom. The van der Waals surface area contributed by atoms with Gasteiger partial charge in [0.25, 0.3) is 0 Å². The Balaban J connectivity index is 2.25. The highest BCUT2D eigenvalue weighted by atomic mass is 16.5. The van der Waals surface area contributed by atoms with Crippen molar-refractivity contribution >= 4 is 5.97 Å². The smallest absolute Gasteiger partial charge is 0.322 e. The molecule has 1 unspecified atom stereocenters. The van der Waals surface area contributed by atoms with E-state index >= 15 is 0 Å². The van der Waals surface area contributed by atoms with Crippen molar-refractivity contribution in [1.29, 1.82) is 0 Å². The molecule has 2 N–H and O–H groups in total. The molecule has 1 atom stereocenters. The second-order valence-corrected chi connectivity index (χ2v) is 4.85. The third-order valence-corrected chi connectivity index (χ3v) is 3.34. The predicted octanol–water partition coefficient (Wildman–Crippen LogP) is 2.70. The molecule has 20 heavy (non-hydrogen) atoms. The van der Waals surface area contributed by atoms with Crippen molar-refractivity contribution in [3.63, 3.8) is 0 Å². The highest BCUT2D eigenvalue weighted by Gasteiger charge is 2.14. The lowest BCUT2D eigenvalue weighted by molar-refractivity contribution is -0.142. The third-order valence-electron chi connectivity index (χ3n) is 3.34. The number of aryl methyl sites for hydroxylation is 1. The van der Waals surface area contributed by atoms with Crippen molar-refractivity contribution < 1.29 is 9.53 Å². The predicted molar refractivity (Wildman–Crippen MR) is 80.3 cm³/mol. The first-order chi connectivity index (χ1) is 9.61. The lowest BCUT2D eigenvalue weighted by atomic mass is 9.97. The molecule has 0 aliphatic heterocycles. The molecule has 0 saturated heterocycles. The van der Waals surface area contributed by atoms with E-state index in [1.54, 1.807) is 0 Å². The molecular weight excluding hydrogens is 250 g/mol. The summed E-state index contributed by atoms with van der Waals surface area (Å²) in [4.78, 5) is 11.4. The Morgan fingerprint density at radius 3 is 2.65 bits per heavy atom. The molecule has 0 fully saturated rings. The summed E-state index contributed by atoms with van der Waals surface area (Å²) in [5, 5.41) is 0. The lowest BCUT2D eigenvalue weighted by Gasteiger charge is -2.11. The van der Waals surface area contributed by atoms with E-state index in [4.69, 9.17) is 5.73 Å². The number of esters is 1. The van der Waals surface area contributed by atoms with E-state index in [-0.39, 0.29) is 5.97 Å². The Hall–Kier alpha value is -2.13. The number of carbonyl (C=O) groups excluding carboxylic acids is 1. The Morgan fingerprint density at radius 2 is 1.95 bits per heavy atom. The van der Waals surface area contributed by atoms with Gasteiger partial charge in [0.05, 0.1) is 7.11 Å². The normalized spacial score (nSPS) is 11.9. The maximum absolute atomic E-state index is 11.4. The minimum atomic E-state index is -0.618. The van der Waals surface area contributed by atoms with Crippen LogP contribution in [0.25, 0.3) is 11.1 Å². The van der Waals surface area contributed by atoms with Crippen LogP contribution in [0.3, 0.4) is 0 Å². The summed E-state index contributed by atoms with van der Waals surface area (Å²) < 4.78 is 4.65. The second kappa shape index (κ2) is 6.35. The monoisotopic (exact) mass is 269 g/mol. The fourth-order valence-electron chi connectivity index (χ4n) is 2.25. The van der Waals surface area contributed by atoms with E-state index in [2.05, 4.69) is 35.9 Å². The quantitative estimate of drug-likeness (QED) is 0.868. The van der Waals surface area contributed by atoms with Crippen LogP contribution in [-0.4, -0.2) is 19.1 Å². The SMILES string of the molecule is COC(=O)C(N)Cc1cccc(-c2ccccc2C)c1. The highest BCUT2D eigenvalue weighted by molar-refractivity contribution is 5.76. The summed E-state index contributed by atoms with van der Waals surface area (Å²) >= 11 is 0. The summed E-state index contributed by atoms with van der Waals surface area (Å²) in [7, 11) is 1.35. The van der Waals surface area contributed by atoms with E-state index in [9.17, 15) is 4.79 Å². The van der Waals surface area contributed by atoms with Gasteiger partial charge in [-0.25, -0.2) is 0 Å². The zero-order valence-electron chi connectivity index (χ0n) is 11.8. The highest BCUT2D eigenvalue weighted by Crippen LogP contribution is 2.24. The zero-order chi connectivity index (χ0) is 14.5. The van der Waals surface area contributed by atoms with Crippen molar-refractivity contribution in [3.05, 3.63) is 59.7 Å². The topological polar surface area (TPSA) is 52.3 Å². The fraction of sp³-hybridized carbons (Fsp3) is 0.235. The van der Waals surface area contributed by atoms with E-state index in [1.807, 2.05) is 24.3 Å². The minimum absolute atomic E-state index is 0.383. The van der Waals surface area contributed by atoms with Crippen LogP contribution in [0, 0.1) is 6.92 Å².